The van der Waals surface area contributed by atoms with E-state index in [0.717, 1.165) is 29.1 Å². The first-order chi connectivity index (χ1) is 9.52. The minimum absolute atomic E-state index is 0.205. The third-order valence-corrected chi connectivity index (χ3v) is 3.17. The Morgan fingerprint density at radius 1 is 1.30 bits per heavy atom. The lowest BCUT2D eigenvalue weighted by molar-refractivity contribution is 0.102. The fourth-order valence-corrected chi connectivity index (χ4v) is 1.89. The molecule has 2 rings (SSSR count). The Balaban J connectivity index is 2.28. The van der Waals surface area contributed by atoms with Crippen molar-refractivity contribution < 1.29 is 9.32 Å². The van der Waals surface area contributed by atoms with E-state index >= 15 is 0 Å². The molecule has 1 amide bonds. The number of carbonyl (C=O) groups is 1. The summed E-state index contributed by atoms with van der Waals surface area (Å²) in [6.07, 6.45) is 0. The molecule has 1 aromatic carbocycles. The van der Waals surface area contributed by atoms with Crippen molar-refractivity contribution in [3.8, 4) is 0 Å². The average Bonchev–Trinajstić information content (AvgIpc) is 2.73. The van der Waals surface area contributed by atoms with Crippen molar-refractivity contribution in [2.45, 2.75) is 27.7 Å². The van der Waals surface area contributed by atoms with E-state index < -0.39 is 0 Å². The molecular weight excluding hydrogens is 254 g/mol. The summed E-state index contributed by atoms with van der Waals surface area (Å²) in [4.78, 5) is 12.4. The molecule has 0 spiro atoms. The van der Waals surface area contributed by atoms with Gasteiger partial charge in [-0.2, -0.15) is 0 Å². The van der Waals surface area contributed by atoms with E-state index in [9.17, 15) is 4.79 Å². The van der Waals surface area contributed by atoms with Gasteiger partial charge >= 0.3 is 0 Å². The number of aromatic nitrogens is 1. The van der Waals surface area contributed by atoms with Crippen molar-refractivity contribution in [2.24, 2.45) is 0 Å². The van der Waals surface area contributed by atoms with Crippen LogP contribution in [0.4, 0.5) is 11.6 Å². The van der Waals surface area contributed by atoms with E-state index in [4.69, 9.17) is 4.52 Å². The maximum Gasteiger partial charge on any atom is 0.260 e. The molecule has 20 heavy (non-hydrogen) atoms. The first kappa shape index (κ1) is 14.1. The van der Waals surface area contributed by atoms with Gasteiger partial charge in [-0.1, -0.05) is 16.8 Å². The summed E-state index contributed by atoms with van der Waals surface area (Å²) in [5.41, 5.74) is 4.06. The minimum Gasteiger partial charge on any atom is -0.385 e. The largest absolute Gasteiger partial charge is 0.385 e. The number of hydrogen-bond acceptors (Lipinski definition) is 4. The second-order valence-electron chi connectivity index (χ2n) is 4.76. The molecule has 0 aliphatic heterocycles. The van der Waals surface area contributed by atoms with E-state index in [-0.39, 0.29) is 5.91 Å². The minimum atomic E-state index is -0.205. The van der Waals surface area contributed by atoms with Gasteiger partial charge in [-0.25, -0.2) is 0 Å². The van der Waals surface area contributed by atoms with Gasteiger partial charge < -0.3 is 9.84 Å². The number of rotatable bonds is 4. The van der Waals surface area contributed by atoms with Gasteiger partial charge in [0.05, 0.1) is 11.3 Å². The van der Waals surface area contributed by atoms with Crippen LogP contribution in [-0.4, -0.2) is 17.6 Å². The molecule has 2 N–H and O–H groups in total. The van der Waals surface area contributed by atoms with Gasteiger partial charge in [0.25, 0.3) is 5.91 Å². The van der Waals surface area contributed by atoms with Crippen LogP contribution in [0.15, 0.2) is 22.7 Å². The maximum absolute atomic E-state index is 12.4. The van der Waals surface area contributed by atoms with E-state index in [1.54, 1.807) is 0 Å². The highest BCUT2D eigenvalue weighted by Crippen LogP contribution is 2.22. The molecule has 5 nitrogen and oxygen atoms in total. The van der Waals surface area contributed by atoms with Crippen molar-refractivity contribution in [1.29, 1.82) is 0 Å². The van der Waals surface area contributed by atoms with Crippen molar-refractivity contribution in [1.82, 2.24) is 5.16 Å². The van der Waals surface area contributed by atoms with E-state index in [0.29, 0.717) is 11.4 Å². The lowest BCUT2D eigenvalue weighted by Crippen LogP contribution is -2.15. The van der Waals surface area contributed by atoms with Crippen molar-refractivity contribution >= 4 is 17.5 Å². The number of carbonyl (C=O) groups excluding carboxylic acids is 1. The highest BCUT2D eigenvalue weighted by Gasteiger charge is 2.16. The second kappa shape index (κ2) is 5.77. The first-order valence-electron chi connectivity index (χ1n) is 6.61. The molecule has 0 radical (unpaired) electrons. The summed E-state index contributed by atoms with van der Waals surface area (Å²) in [5.74, 6) is 0.195. The molecule has 106 valence electrons. The van der Waals surface area contributed by atoms with Gasteiger partial charge in [0.2, 0.25) is 5.88 Å². The molecule has 0 aliphatic carbocycles. The number of anilines is 2. The lowest BCUT2D eigenvalue weighted by atomic mass is 10.1. The highest BCUT2D eigenvalue weighted by molar-refractivity contribution is 6.07. The van der Waals surface area contributed by atoms with Gasteiger partial charge in [0.15, 0.2) is 0 Å². The van der Waals surface area contributed by atoms with Crippen LogP contribution in [0.2, 0.25) is 0 Å². The van der Waals surface area contributed by atoms with Crippen LogP contribution in [0.1, 0.15) is 34.1 Å². The first-order valence-corrected chi connectivity index (χ1v) is 6.61. The second-order valence-corrected chi connectivity index (χ2v) is 4.76. The molecule has 0 saturated carbocycles. The molecule has 0 unspecified atom stereocenters. The summed E-state index contributed by atoms with van der Waals surface area (Å²) in [6, 6.07) is 5.73. The fraction of sp³-hybridized carbons (Fsp3) is 0.333. The van der Waals surface area contributed by atoms with Gasteiger partial charge in [-0.15, -0.1) is 0 Å². The number of amides is 1. The number of nitrogens with one attached hydrogen (secondary N) is 2. The third-order valence-electron chi connectivity index (χ3n) is 3.17. The summed E-state index contributed by atoms with van der Waals surface area (Å²) in [5, 5.41) is 9.78. The maximum atomic E-state index is 12.4. The van der Waals surface area contributed by atoms with Crippen molar-refractivity contribution in [2.75, 3.05) is 17.2 Å². The summed E-state index contributed by atoms with van der Waals surface area (Å²) in [7, 11) is 0. The van der Waals surface area contributed by atoms with Gasteiger partial charge in [-0.3, -0.25) is 10.1 Å². The Morgan fingerprint density at radius 2 is 2.05 bits per heavy atom. The predicted molar refractivity (Wildman–Crippen MR) is 79.3 cm³/mol. The standard InChI is InChI=1S/C15H19N3O2/c1-5-16-13-7-6-9(2)8-12(13)14(19)17-15-10(3)11(4)18-20-15/h6-8,16H,5H2,1-4H3,(H,17,19). The third kappa shape index (κ3) is 2.82. The molecule has 1 heterocycles. The molecule has 0 bridgehead atoms. The number of nitrogens with zero attached hydrogens (tertiary/aromatic N) is 1. The highest BCUT2D eigenvalue weighted by atomic mass is 16.5. The Morgan fingerprint density at radius 3 is 2.65 bits per heavy atom. The molecule has 2 aromatic rings. The van der Waals surface area contributed by atoms with Crippen LogP contribution in [0.3, 0.4) is 0 Å². The molecule has 0 saturated heterocycles. The Hall–Kier alpha value is -2.30. The molecular formula is C15H19N3O2. The van der Waals surface area contributed by atoms with Crippen molar-refractivity contribution in [3.63, 3.8) is 0 Å². The monoisotopic (exact) mass is 273 g/mol. The predicted octanol–water partition coefficient (Wildman–Crippen LogP) is 3.28. The van der Waals surface area contributed by atoms with E-state index in [1.165, 1.54) is 0 Å². The van der Waals surface area contributed by atoms with Crippen LogP contribution >= 0.6 is 0 Å². The van der Waals surface area contributed by atoms with Crippen LogP contribution in [0, 0.1) is 20.8 Å². The molecule has 0 atom stereocenters. The van der Waals surface area contributed by atoms with Crippen LogP contribution in [-0.2, 0) is 0 Å². The Kier molecular flexibility index (Phi) is 4.08. The quantitative estimate of drug-likeness (QED) is 0.897. The normalized spacial score (nSPS) is 10.4. The van der Waals surface area contributed by atoms with Gasteiger partial charge in [-0.05, 0) is 39.8 Å². The van der Waals surface area contributed by atoms with Gasteiger partial charge in [0.1, 0.15) is 0 Å². The fourth-order valence-electron chi connectivity index (χ4n) is 1.89. The molecule has 1 aromatic heterocycles. The zero-order chi connectivity index (χ0) is 14.7. The summed E-state index contributed by atoms with van der Waals surface area (Å²) >= 11 is 0. The molecule has 0 aliphatic rings. The number of aryl methyl sites for hydroxylation is 2. The Labute approximate surface area is 118 Å². The van der Waals surface area contributed by atoms with Crippen molar-refractivity contribution in [3.05, 3.63) is 40.6 Å². The molecule has 5 heteroatoms. The van der Waals surface area contributed by atoms with Crippen LogP contribution < -0.4 is 10.6 Å². The van der Waals surface area contributed by atoms with Gasteiger partial charge in [0, 0.05) is 17.8 Å². The Bertz CT molecular complexity index is 632. The number of benzene rings is 1. The van der Waals surface area contributed by atoms with Crippen LogP contribution in [0.5, 0.6) is 0 Å². The topological polar surface area (TPSA) is 67.2 Å². The number of hydrogen-bond donors (Lipinski definition) is 2. The average molecular weight is 273 g/mol. The zero-order valence-corrected chi connectivity index (χ0v) is 12.2. The smallest absolute Gasteiger partial charge is 0.260 e. The summed E-state index contributed by atoms with van der Waals surface area (Å²) < 4.78 is 5.11. The van der Waals surface area contributed by atoms with E-state index in [2.05, 4.69) is 15.8 Å². The lowest BCUT2D eigenvalue weighted by Gasteiger charge is -2.11. The zero-order valence-electron chi connectivity index (χ0n) is 12.2. The van der Waals surface area contributed by atoms with Crippen LogP contribution in [0.25, 0.3) is 0 Å². The molecule has 0 fully saturated rings. The van der Waals surface area contributed by atoms with E-state index in [1.807, 2.05) is 45.9 Å². The summed E-state index contributed by atoms with van der Waals surface area (Å²) in [6.45, 7) is 8.40. The SMILES string of the molecule is CCNc1ccc(C)cc1C(=O)Nc1onc(C)c1C.